The number of benzene rings is 1. The Morgan fingerprint density at radius 2 is 1.76 bits per heavy atom. The second kappa shape index (κ2) is 7.81. The van der Waals surface area contributed by atoms with Gasteiger partial charge in [-0.3, -0.25) is 9.59 Å². The summed E-state index contributed by atoms with van der Waals surface area (Å²) in [5.41, 5.74) is 1.89. The molecule has 138 valence electrons. The van der Waals surface area contributed by atoms with Crippen molar-refractivity contribution in [3.8, 4) is 0 Å². The Morgan fingerprint density at radius 1 is 1.16 bits per heavy atom. The van der Waals surface area contributed by atoms with Crippen molar-refractivity contribution in [2.45, 2.75) is 59.0 Å². The van der Waals surface area contributed by atoms with Crippen molar-refractivity contribution < 1.29 is 9.59 Å². The summed E-state index contributed by atoms with van der Waals surface area (Å²) in [4.78, 5) is 27.1. The molecule has 0 aliphatic carbocycles. The predicted molar refractivity (Wildman–Crippen MR) is 105 cm³/mol. The molecule has 2 atom stereocenters. The van der Waals surface area contributed by atoms with Gasteiger partial charge in [-0.1, -0.05) is 46.8 Å². The summed E-state index contributed by atoms with van der Waals surface area (Å²) >= 11 is 1.63. The van der Waals surface area contributed by atoms with E-state index in [1.165, 1.54) is 5.56 Å². The molecule has 1 aliphatic rings. The lowest BCUT2D eigenvalue weighted by Crippen LogP contribution is -2.50. The topological polar surface area (TPSA) is 49.4 Å². The molecule has 0 saturated carbocycles. The maximum absolute atomic E-state index is 12.9. The zero-order valence-corrected chi connectivity index (χ0v) is 16.9. The van der Waals surface area contributed by atoms with E-state index >= 15 is 0 Å². The zero-order valence-electron chi connectivity index (χ0n) is 16.1. The second-order valence-electron chi connectivity index (χ2n) is 8.16. The fraction of sp³-hybridized carbons (Fsp3) is 0.600. The fourth-order valence-electron chi connectivity index (χ4n) is 2.63. The summed E-state index contributed by atoms with van der Waals surface area (Å²) in [7, 11) is 0. The molecular formula is C20H30N2O2S. The minimum absolute atomic E-state index is 0.0501. The van der Waals surface area contributed by atoms with E-state index in [9.17, 15) is 9.59 Å². The molecular weight excluding hydrogens is 332 g/mol. The SMILES string of the molecule is CC(C)C(C)NC(=O)C1CSCN1C(=O)c1ccc(C(C)(C)C)cc1. The monoisotopic (exact) mass is 362 g/mol. The number of rotatable bonds is 4. The van der Waals surface area contributed by atoms with E-state index in [1.54, 1.807) is 16.7 Å². The maximum Gasteiger partial charge on any atom is 0.255 e. The van der Waals surface area contributed by atoms with Gasteiger partial charge >= 0.3 is 0 Å². The number of nitrogens with one attached hydrogen (secondary N) is 1. The standard InChI is InChI=1S/C20H30N2O2S/c1-13(2)14(3)21-18(23)17-11-25-12-22(17)19(24)15-7-9-16(10-8-15)20(4,5)6/h7-10,13-14,17H,11-12H2,1-6H3,(H,21,23). The number of carbonyl (C=O) groups excluding carboxylic acids is 2. The number of nitrogens with zero attached hydrogens (tertiary/aromatic N) is 1. The van der Waals surface area contributed by atoms with E-state index in [4.69, 9.17) is 0 Å². The van der Waals surface area contributed by atoms with Crippen LogP contribution in [0.25, 0.3) is 0 Å². The number of hydrogen-bond acceptors (Lipinski definition) is 3. The molecule has 2 rings (SSSR count). The third-order valence-corrected chi connectivity index (χ3v) is 5.83. The predicted octanol–water partition coefficient (Wildman–Crippen LogP) is 3.66. The van der Waals surface area contributed by atoms with Crippen LogP contribution >= 0.6 is 11.8 Å². The van der Waals surface area contributed by atoms with Crippen molar-refractivity contribution in [2.75, 3.05) is 11.6 Å². The van der Waals surface area contributed by atoms with Crippen molar-refractivity contribution in [3.63, 3.8) is 0 Å². The highest BCUT2D eigenvalue weighted by Gasteiger charge is 2.35. The molecule has 25 heavy (non-hydrogen) atoms. The highest BCUT2D eigenvalue weighted by Crippen LogP contribution is 2.26. The van der Waals surface area contributed by atoms with Gasteiger partial charge in [0.1, 0.15) is 6.04 Å². The van der Waals surface area contributed by atoms with E-state index < -0.39 is 0 Å². The summed E-state index contributed by atoms with van der Waals surface area (Å²) in [5.74, 6) is 1.47. The first-order valence-electron chi connectivity index (χ1n) is 8.91. The maximum atomic E-state index is 12.9. The molecule has 5 heteroatoms. The van der Waals surface area contributed by atoms with E-state index in [2.05, 4.69) is 39.9 Å². The second-order valence-corrected chi connectivity index (χ2v) is 9.16. The lowest BCUT2D eigenvalue weighted by atomic mass is 9.86. The number of hydrogen-bond donors (Lipinski definition) is 1. The van der Waals surface area contributed by atoms with Gasteiger partial charge in [-0.2, -0.15) is 0 Å². The van der Waals surface area contributed by atoms with Crippen molar-refractivity contribution in [1.82, 2.24) is 10.2 Å². The normalized spacial score (nSPS) is 19.2. The van der Waals surface area contributed by atoms with Crippen molar-refractivity contribution in [3.05, 3.63) is 35.4 Å². The van der Waals surface area contributed by atoms with Gasteiger partial charge in [-0.15, -0.1) is 11.8 Å². The highest BCUT2D eigenvalue weighted by atomic mass is 32.2. The van der Waals surface area contributed by atoms with Gasteiger partial charge in [0.2, 0.25) is 5.91 Å². The molecule has 1 heterocycles. The first-order valence-corrected chi connectivity index (χ1v) is 10.1. The molecule has 1 saturated heterocycles. The largest absolute Gasteiger partial charge is 0.352 e. The van der Waals surface area contributed by atoms with E-state index in [0.29, 0.717) is 23.1 Å². The molecule has 1 N–H and O–H groups in total. The molecule has 1 aromatic rings. The third-order valence-electron chi connectivity index (χ3n) is 4.81. The molecule has 2 unspecified atom stereocenters. The third kappa shape index (κ3) is 4.78. The zero-order chi connectivity index (χ0) is 18.8. The number of thioether (sulfide) groups is 1. The van der Waals surface area contributed by atoms with Gasteiger partial charge in [0.05, 0.1) is 5.88 Å². The van der Waals surface area contributed by atoms with Crippen LogP contribution < -0.4 is 5.32 Å². The van der Waals surface area contributed by atoms with Crippen LogP contribution in [0.5, 0.6) is 0 Å². The van der Waals surface area contributed by atoms with Gasteiger partial charge < -0.3 is 10.2 Å². The average Bonchev–Trinajstić information content (AvgIpc) is 3.03. The highest BCUT2D eigenvalue weighted by molar-refractivity contribution is 7.99. The van der Waals surface area contributed by atoms with Crippen LogP contribution in [-0.2, 0) is 10.2 Å². The Morgan fingerprint density at radius 3 is 2.28 bits per heavy atom. The Hall–Kier alpha value is -1.49. The van der Waals surface area contributed by atoms with Crippen molar-refractivity contribution >= 4 is 23.6 Å². The van der Waals surface area contributed by atoms with Crippen LogP contribution in [0.15, 0.2) is 24.3 Å². The van der Waals surface area contributed by atoms with E-state index in [-0.39, 0.29) is 29.3 Å². The Kier molecular flexibility index (Phi) is 6.20. The van der Waals surface area contributed by atoms with Crippen LogP contribution in [0.1, 0.15) is 57.5 Å². The fourth-order valence-corrected chi connectivity index (χ4v) is 3.78. The molecule has 1 aliphatic heterocycles. The summed E-state index contributed by atoms with van der Waals surface area (Å²) < 4.78 is 0. The van der Waals surface area contributed by atoms with Crippen LogP contribution in [0.4, 0.5) is 0 Å². The lowest BCUT2D eigenvalue weighted by Gasteiger charge is -2.26. The first-order chi connectivity index (χ1) is 11.6. The van der Waals surface area contributed by atoms with Crippen molar-refractivity contribution in [1.29, 1.82) is 0 Å². The smallest absolute Gasteiger partial charge is 0.255 e. The van der Waals surface area contributed by atoms with Crippen molar-refractivity contribution in [2.24, 2.45) is 5.92 Å². The Bertz CT molecular complexity index is 620. The summed E-state index contributed by atoms with van der Waals surface area (Å²) in [6.07, 6.45) is 0. The summed E-state index contributed by atoms with van der Waals surface area (Å²) in [6, 6.07) is 7.47. The van der Waals surface area contributed by atoms with Crippen LogP contribution in [-0.4, -0.2) is 40.4 Å². The van der Waals surface area contributed by atoms with Crippen LogP contribution in [0, 0.1) is 5.92 Å². The molecule has 4 nitrogen and oxygen atoms in total. The number of carbonyl (C=O) groups is 2. The molecule has 0 radical (unpaired) electrons. The molecule has 0 aromatic heterocycles. The summed E-state index contributed by atoms with van der Waals surface area (Å²) in [6.45, 7) is 12.6. The summed E-state index contributed by atoms with van der Waals surface area (Å²) in [5, 5.41) is 3.04. The molecule has 0 spiro atoms. The molecule has 1 fully saturated rings. The van der Waals surface area contributed by atoms with Gasteiger partial charge in [0.25, 0.3) is 5.91 Å². The minimum atomic E-state index is -0.388. The minimum Gasteiger partial charge on any atom is -0.352 e. The molecule has 2 amide bonds. The lowest BCUT2D eigenvalue weighted by molar-refractivity contribution is -0.125. The van der Waals surface area contributed by atoms with Crippen LogP contribution in [0.3, 0.4) is 0 Å². The molecule has 0 bridgehead atoms. The average molecular weight is 363 g/mol. The Labute approximate surface area is 155 Å². The van der Waals surface area contributed by atoms with E-state index in [0.717, 1.165) is 0 Å². The van der Waals surface area contributed by atoms with Gasteiger partial charge in [0, 0.05) is 17.4 Å². The first kappa shape index (κ1) is 19.8. The Balaban J connectivity index is 2.11. The molecule has 1 aromatic carbocycles. The van der Waals surface area contributed by atoms with Gasteiger partial charge in [0.15, 0.2) is 0 Å². The van der Waals surface area contributed by atoms with E-state index in [1.807, 2.05) is 31.2 Å². The van der Waals surface area contributed by atoms with Crippen LogP contribution in [0.2, 0.25) is 0 Å². The van der Waals surface area contributed by atoms with Gasteiger partial charge in [-0.05, 0) is 36.0 Å². The quantitative estimate of drug-likeness (QED) is 0.889. The number of amides is 2. The van der Waals surface area contributed by atoms with Gasteiger partial charge in [-0.25, -0.2) is 0 Å².